The van der Waals surface area contributed by atoms with Crippen LogP contribution in [-0.2, 0) is 0 Å². The minimum Gasteiger partial charge on any atom is -0.475 e. The summed E-state index contributed by atoms with van der Waals surface area (Å²) in [6.45, 7) is 3.67. The molecule has 1 aromatic heterocycles. The van der Waals surface area contributed by atoms with E-state index >= 15 is 0 Å². The van der Waals surface area contributed by atoms with Gasteiger partial charge in [-0.15, -0.1) is 0 Å². The van der Waals surface area contributed by atoms with Gasteiger partial charge in [-0.05, 0) is 25.3 Å². The summed E-state index contributed by atoms with van der Waals surface area (Å²) in [4.78, 5) is 13.3. The predicted molar refractivity (Wildman–Crippen MR) is 81.0 cm³/mol. The van der Waals surface area contributed by atoms with Gasteiger partial charge in [0, 0.05) is 24.6 Å². The summed E-state index contributed by atoms with van der Waals surface area (Å²) in [5, 5.41) is 9.10. The number of hydrogen-bond acceptors (Lipinski definition) is 3. The third kappa shape index (κ3) is 2.66. The Morgan fingerprint density at radius 3 is 2.76 bits per heavy atom. The molecular weight excluding hydrogens is 266 g/mol. The van der Waals surface area contributed by atoms with Gasteiger partial charge in [0.15, 0.2) is 0 Å². The molecule has 0 radical (unpaired) electrons. The molecule has 2 aromatic rings. The maximum atomic E-state index is 11.1. The number of piperidine rings is 1. The molecule has 21 heavy (non-hydrogen) atoms. The Kier molecular flexibility index (Phi) is 3.69. The molecule has 1 atom stereocenters. The number of hydrogen-bond donors (Lipinski definition) is 1. The molecule has 0 bridgehead atoms. The van der Waals surface area contributed by atoms with E-state index in [2.05, 4.69) is 29.2 Å². The van der Waals surface area contributed by atoms with Crippen molar-refractivity contribution in [2.24, 2.45) is 0 Å². The minimum absolute atomic E-state index is 0.0480. The maximum Gasteiger partial charge on any atom is 0.372 e. The molecule has 4 heteroatoms. The first kappa shape index (κ1) is 13.7. The van der Waals surface area contributed by atoms with Crippen LogP contribution in [0.5, 0.6) is 0 Å². The molecule has 1 aliphatic heterocycles. The van der Waals surface area contributed by atoms with Gasteiger partial charge >= 0.3 is 5.97 Å². The molecule has 1 fully saturated rings. The van der Waals surface area contributed by atoms with Crippen LogP contribution in [-0.4, -0.2) is 24.2 Å². The van der Waals surface area contributed by atoms with Gasteiger partial charge in [0.1, 0.15) is 6.26 Å². The van der Waals surface area contributed by atoms with Crippen LogP contribution in [0.25, 0.3) is 0 Å². The van der Waals surface area contributed by atoms with Gasteiger partial charge in [0.25, 0.3) is 0 Å². The van der Waals surface area contributed by atoms with Gasteiger partial charge in [-0.1, -0.05) is 30.3 Å². The van der Waals surface area contributed by atoms with E-state index in [1.165, 1.54) is 12.0 Å². The summed E-state index contributed by atoms with van der Waals surface area (Å²) in [6, 6.07) is 10.5. The lowest BCUT2D eigenvalue weighted by Gasteiger charge is -2.34. The van der Waals surface area contributed by atoms with E-state index in [9.17, 15) is 4.79 Å². The van der Waals surface area contributed by atoms with Crippen LogP contribution in [0.3, 0.4) is 0 Å². The van der Waals surface area contributed by atoms with Gasteiger partial charge in [-0.25, -0.2) is 4.79 Å². The van der Waals surface area contributed by atoms with Gasteiger partial charge in [-0.3, -0.25) is 0 Å². The van der Waals surface area contributed by atoms with Crippen LogP contribution in [0.1, 0.15) is 40.4 Å². The van der Waals surface area contributed by atoms with Crippen molar-refractivity contribution in [2.45, 2.75) is 25.7 Å². The Morgan fingerprint density at radius 1 is 1.33 bits per heavy atom. The van der Waals surface area contributed by atoms with Gasteiger partial charge in [0.05, 0.1) is 5.69 Å². The van der Waals surface area contributed by atoms with Crippen LogP contribution in [0, 0.1) is 6.92 Å². The number of rotatable bonds is 3. The van der Waals surface area contributed by atoms with E-state index in [0.717, 1.165) is 30.8 Å². The molecule has 1 aliphatic rings. The topological polar surface area (TPSA) is 53.7 Å². The Balaban J connectivity index is 1.82. The second-order valence-corrected chi connectivity index (χ2v) is 5.58. The van der Waals surface area contributed by atoms with E-state index in [0.29, 0.717) is 5.92 Å². The van der Waals surface area contributed by atoms with E-state index in [1.54, 1.807) is 6.26 Å². The molecule has 0 aliphatic carbocycles. The quantitative estimate of drug-likeness (QED) is 0.934. The average molecular weight is 285 g/mol. The molecule has 2 heterocycles. The van der Waals surface area contributed by atoms with Crippen molar-refractivity contribution in [3.8, 4) is 0 Å². The molecule has 1 N–H and O–H groups in total. The molecule has 3 rings (SSSR count). The molecule has 1 saturated heterocycles. The molecule has 1 unspecified atom stereocenters. The average Bonchev–Trinajstić information content (AvgIpc) is 2.90. The molecular formula is C17H19NO3. The third-order valence-electron chi connectivity index (χ3n) is 4.24. The molecule has 1 aromatic carbocycles. The molecule has 0 amide bonds. The summed E-state index contributed by atoms with van der Waals surface area (Å²) in [5.41, 5.74) is 2.98. The fourth-order valence-electron chi connectivity index (χ4n) is 3.12. The fourth-order valence-corrected chi connectivity index (χ4v) is 3.12. The second kappa shape index (κ2) is 5.64. The zero-order chi connectivity index (χ0) is 14.8. The number of carboxylic acid groups (broad SMARTS) is 1. The number of carbonyl (C=O) groups is 1. The lowest BCUT2D eigenvalue weighted by Crippen LogP contribution is -2.34. The number of furan rings is 1. The Labute approximate surface area is 124 Å². The van der Waals surface area contributed by atoms with Gasteiger partial charge < -0.3 is 14.4 Å². The summed E-state index contributed by atoms with van der Waals surface area (Å²) in [6.07, 6.45) is 3.85. The first-order valence-corrected chi connectivity index (χ1v) is 7.28. The van der Waals surface area contributed by atoms with E-state index in [1.807, 2.05) is 13.0 Å². The first-order valence-electron chi connectivity index (χ1n) is 7.28. The standard InChI is InChI=1S/C17H19NO3/c1-12-15(11-21-16(12)17(19)20)18-9-5-8-14(10-18)13-6-3-2-4-7-13/h2-4,6-7,11,14H,5,8-10H2,1H3,(H,19,20). The van der Waals surface area contributed by atoms with Gasteiger partial charge in [-0.2, -0.15) is 0 Å². The lowest BCUT2D eigenvalue weighted by molar-refractivity contribution is 0.0661. The summed E-state index contributed by atoms with van der Waals surface area (Å²) in [5.74, 6) is -0.468. The summed E-state index contributed by atoms with van der Waals surface area (Å²) < 4.78 is 5.21. The van der Waals surface area contributed by atoms with Crippen LogP contribution in [0.2, 0.25) is 0 Å². The monoisotopic (exact) mass is 285 g/mol. The highest BCUT2D eigenvalue weighted by Gasteiger charge is 2.25. The third-order valence-corrected chi connectivity index (χ3v) is 4.24. The molecule has 110 valence electrons. The Morgan fingerprint density at radius 2 is 2.10 bits per heavy atom. The smallest absolute Gasteiger partial charge is 0.372 e. The number of nitrogens with zero attached hydrogens (tertiary/aromatic N) is 1. The minimum atomic E-state index is -1.00. The maximum absolute atomic E-state index is 11.1. The summed E-state index contributed by atoms with van der Waals surface area (Å²) >= 11 is 0. The van der Waals surface area contributed by atoms with Crippen molar-refractivity contribution in [2.75, 3.05) is 18.0 Å². The first-order chi connectivity index (χ1) is 10.2. The van der Waals surface area contributed by atoms with E-state index < -0.39 is 5.97 Å². The number of carboxylic acids is 1. The fraction of sp³-hybridized carbons (Fsp3) is 0.353. The van der Waals surface area contributed by atoms with Crippen molar-refractivity contribution < 1.29 is 14.3 Å². The Bertz CT molecular complexity index is 633. The largest absolute Gasteiger partial charge is 0.475 e. The second-order valence-electron chi connectivity index (χ2n) is 5.58. The van der Waals surface area contributed by atoms with Crippen LogP contribution in [0.15, 0.2) is 41.0 Å². The van der Waals surface area contributed by atoms with Crippen LogP contribution < -0.4 is 4.90 Å². The van der Waals surface area contributed by atoms with Crippen molar-refractivity contribution in [1.29, 1.82) is 0 Å². The zero-order valence-electron chi connectivity index (χ0n) is 12.1. The zero-order valence-corrected chi connectivity index (χ0v) is 12.1. The number of benzene rings is 1. The predicted octanol–water partition coefficient (Wildman–Crippen LogP) is 3.67. The number of aromatic carboxylic acids is 1. The van der Waals surface area contributed by atoms with Gasteiger partial charge in [0.2, 0.25) is 5.76 Å². The summed E-state index contributed by atoms with van der Waals surface area (Å²) in [7, 11) is 0. The highest BCUT2D eigenvalue weighted by Crippen LogP contribution is 2.33. The molecule has 4 nitrogen and oxygen atoms in total. The highest BCUT2D eigenvalue weighted by molar-refractivity contribution is 5.88. The van der Waals surface area contributed by atoms with Crippen LogP contribution >= 0.6 is 0 Å². The number of anilines is 1. The Hall–Kier alpha value is -2.23. The van der Waals surface area contributed by atoms with Crippen molar-refractivity contribution in [3.63, 3.8) is 0 Å². The van der Waals surface area contributed by atoms with Crippen molar-refractivity contribution >= 4 is 11.7 Å². The lowest BCUT2D eigenvalue weighted by atomic mass is 9.90. The van der Waals surface area contributed by atoms with Crippen molar-refractivity contribution in [1.82, 2.24) is 0 Å². The van der Waals surface area contributed by atoms with E-state index in [4.69, 9.17) is 9.52 Å². The SMILES string of the molecule is Cc1c(N2CCCC(c3ccccc3)C2)coc1C(=O)O. The molecule has 0 spiro atoms. The molecule has 0 saturated carbocycles. The van der Waals surface area contributed by atoms with Crippen LogP contribution in [0.4, 0.5) is 5.69 Å². The normalized spacial score (nSPS) is 18.7. The van der Waals surface area contributed by atoms with Crippen molar-refractivity contribution in [3.05, 3.63) is 53.5 Å². The highest BCUT2D eigenvalue weighted by atomic mass is 16.4. The van der Waals surface area contributed by atoms with E-state index in [-0.39, 0.29) is 5.76 Å².